The smallest absolute Gasteiger partial charge is 0.337 e. The molecule has 0 radical (unpaired) electrons. The minimum atomic E-state index is -4.85. The van der Waals surface area contributed by atoms with E-state index in [2.05, 4.69) is 5.32 Å². The first-order valence-corrected chi connectivity index (χ1v) is 7.53. The Hall–Kier alpha value is -1.87. The van der Waals surface area contributed by atoms with Gasteiger partial charge < -0.3 is 10.2 Å². The van der Waals surface area contributed by atoms with Gasteiger partial charge in [-0.2, -0.15) is 13.2 Å². The predicted octanol–water partition coefficient (Wildman–Crippen LogP) is 3.09. The molecule has 1 atom stereocenters. The number of nitrogens with zero attached hydrogens (tertiary/aromatic N) is 2. The van der Waals surface area contributed by atoms with Crippen LogP contribution in [-0.4, -0.2) is 41.9 Å². The lowest BCUT2D eigenvalue weighted by molar-refractivity contribution is -0.384. The maximum absolute atomic E-state index is 13.2. The van der Waals surface area contributed by atoms with Crippen LogP contribution in [0.1, 0.15) is 28.8 Å². The molecule has 132 valence electrons. The van der Waals surface area contributed by atoms with Crippen LogP contribution in [0.4, 0.5) is 18.9 Å². The summed E-state index contributed by atoms with van der Waals surface area (Å²) in [7, 11) is 1.39. The van der Waals surface area contributed by atoms with Crippen LogP contribution in [0.25, 0.3) is 0 Å². The van der Waals surface area contributed by atoms with Gasteiger partial charge in [-0.05, 0) is 25.5 Å². The molecule has 0 aliphatic carbocycles. The lowest BCUT2D eigenvalue weighted by atomic mass is 10.0. The first-order valence-electron chi connectivity index (χ1n) is 7.16. The van der Waals surface area contributed by atoms with Gasteiger partial charge in [-0.3, -0.25) is 14.9 Å². The molecule has 1 aromatic rings. The van der Waals surface area contributed by atoms with E-state index in [-0.39, 0.29) is 6.04 Å². The van der Waals surface area contributed by atoms with Crippen LogP contribution in [-0.2, 0) is 6.18 Å². The molecular formula is C14H15ClF3N3O3. The minimum absolute atomic E-state index is 0.276. The quantitative estimate of drug-likeness (QED) is 0.659. The lowest BCUT2D eigenvalue weighted by Gasteiger charge is -2.32. The minimum Gasteiger partial charge on any atom is -0.337 e. The molecule has 1 N–H and O–H groups in total. The number of carbonyl (C=O) groups excluding carboxylic acids is 1. The number of nitrogens with one attached hydrogen (secondary N) is 1. The van der Waals surface area contributed by atoms with Crippen molar-refractivity contribution in [3.63, 3.8) is 0 Å². The van der Waals surface area contributed by atoms with Gasteiger partial charge in [0.25, 0.3) is 11.6 Å². The van der Waals surface area contributed by atoms with Gasteiger partial charge in [0.1, 0.15) is 5.02 Å². The van der Waals surface area contributed by atoms with E-state index in [1.165, 1.54) is 11.9 Å². The molecule has 0 spiro atoms. The number of alkyl halides is 3. The molecule has 0 unspecified atom stereocenters. The highest BCUT2D eigenvalue weighted by atomic mass is 35.5. The van der Waals surface area contributed by atoms with Crippen molar-refractivity contribution in [2.24, 2.45) is 0 Å². The Morgan fingerprint density at radius 2 is 2.12 bits per heavy atom. The number of hydrogen-bond acceptors (Lipinski definition) is 4. The highest BCUT2D eigenvalue weighted by molar-refractivity contribution is 6.33. The van der Waals surface area contributed by atoms with Crippen LogP contribution >= 0.6 is 11.6 Å². The van der Waals surface area contributed by atoms with Gasteiger partial charge in [0, 0.05) is 25.7 Å². The van der Waals surface area contributed by atoms with Crippen molar-refractivity contribution in [1.82, 2.24) is 10.2 Å². The summed E-state index contributed by atoms with van der Waals surface area (Å²) >= 11 is 5.56. The standard InChI is InChI=1S/C14H15ClF3N3O3/c1-20(8-3-2-4-19-7-8)13(22)9-5-12(21(23)24)11(15)6-10(9)14(16,17)18/h5-6,8,19H,2-4,7H2,1H3/t8-/m1/s1. The highest BCUT2D eigenvalue weighted by Crippen LogP contribution is 2.38. The fourth-order valence-electron chi connectivity index (χ4n) is 2.63. The Labute approximate surface area is 140 Å². The Bertz CT molecular complexity index is 661. The summed E-state index contributed by atoms with van der Waals surface area (Å²) in [4.78, 5) is 23.7. The molecule has 1 amide bonds. The van der Waals surface area contributed by atoms with E-state index in [1.54, 1.807) is 0 Å². The second kappa shape index (κ2) is 6.94. The molecule has 24 heavy (non-hydrogen) atoms. The zero-order chi connectivity index (χ0) is 18.1. The molecule has 0 bridgehead atoms. The van der Waals surface area contributed by atoms with Gasteiger partial charge in [0.15, 0.2) is 0 Å². The van der Waals surface area contributed by atoms with Gasteiger partial charge in [-0.15, -0.1) is 0 Å². The van der Waals surface area contributed by atoms with Crippen LogP contribution < -0.4 is 5.32 Å². The summed E-state index contributed by atoms with van der Waals surface area (Å²) in [6, 6.07) is 0.752. The first-order chi connectivity index (χ1) is 11.1. The Kier molecular flexibility index (Phi) is 5.34. The van der Waals surface area contributed by atoms with Gasteiger partial charge in [-0.25, -0.2) is 0 Å². The Morgan fingerprint density at radius 3 is 2.62 bits per heavy atom. The van der Waals surface area contributed by atoms with Crippen molar-refractivity contribution >= 4 is 23.2 Å². The van der Waals surface area contributed by atoms with Crippen molar-refractivity contribution in [2.45, 2.75) is 25.1 Å². The zero-order valence-electron chi connectivity index (χ0n) is 12.7. The third-order valence-corrected chi connectivity index (χ3v) is 4.26. The molecular weight excluding hydrogens is 351 g/mol. The molecule has 1 aliphatic heterocycles. The van der Waals surface area contributed by atoms with Crippen molar-refractivity contribution in [3.8, 4) is 0 Å². The van der Waals surface area contributed by atoms with Crippen molar-refractivity contribution in [3.05, 3.63) is 38.4 Å². The molecule has 1 saturated heterocycles. The van der Waals surface area contributed by atoms with Gasteiger partial charge in [-0.1, -0.05) is 11.6 Å². The monoisotopic (exact) mass is 365 g/mol. The summed E-state index contributed by atoms with van der Waals surface area (Å²) in [5.41, 5.74) is -2.78. The van der Waals surface area contributed by atoms with Gasteiger partial charge in [0.05, 0.1) is 16.1 Å². The summed E-state index contributed by atoms with van der Waals surface area (Å²) in [6.45, 7) is 1.23. The number of benzene rings is 1. The number of likely N-dealkylation sites (N-methyl/N-ethyl adjacent to an activating group) is 1. The fourth-order valence-corrected chi connectivity index (χ4v) is 2.87. The van der Waals surface area contributed by atoms with Crippen LogP contribution in [0.15, 0.2) is 12.1 Å². The predicted molar refractivity (Wildman–Crippen MR) is 81.1 cm³/mol. The lowest BCUT2D eigenvalue weighted by Crippen LogP contribution is -2.47. The van der Waals surface area contributed by atoms with E-state index in [4.69, 9.17) is 11.6 Å². The Balaban J connectivity index is 2.47. The largest absolute Gasteiger partial charge is 0.417 e. The maximum atomic E-state index is 13.2. The summed E-state index contributed by atoms with van der Waals surface area (Å²) in [5, 5.41) is 13.3. The van der Waals surface area contributed by atoms with Gasteiger partial charge >= 0.3 is 6.18 Å². The number of amides is 1. The third kappa shape index (κ3) is 3.78. The molecule has 1 fully saturated rings. The Morgan fingerprint density at radius 1 is 1.46 bits per heavy atom. The van der Waals surface area contributed by atoms with E-state index >= 15 is 0 Å². The van der Waals surface area contributed by atoms with Crippen molar-refractivity contribution in [2.75, 3.05) is 20.1 Å². The highest BCUT2D eigenvalue weighted by Gasteiger charge is 2.39. The SMILES string of the molecule is CN(C(=O)c1cc([N+](=O)[O-])c(Cl)cc1C(F)(F)F)[C@@H]1CCCNC1. The zero-order valence-corrected chi connectivity index (χ0v) is 13.4. The summed E-state index contributed by atoms with van der Waals surface area (Å²) in [5.74, 6) is -0.921. The normalized spacial score (nSPS) is 18.3. The average molecular weight is 366 g/mol. The molecule has 2 rings (SSSR count). The first kappa shape index (κ1) is 18.5. The average Bonchev–Trinajstić information content (AvgIpc) is 2.53. The molecule has 1 aliphatic rings. The molecule has 10 heteroatoms. The number of rotatable bonds is 3. The molecule has 0 aromatic heterocycles. The maximum Gasteiger partial charge on any atom is 0.417 e. The number of hydrogen-bond donors (Lipinski definition) is 1. The number of nitro benzene ring substituents is 1. The van der Waals surface area contributed by atoms with Crippen molar-refractivity contribution < 1.29 is 22.9 Å². The fraction of sp³-hybridized carbons (Fsp3) is 0.500. The van der Waals surface area contributed by atoms with E-state index in [0.717, 1.165) is 13.0 Å². The number of nitro groups is 1. The summed E-state index contributed by atoms with van der Waals surface area (Å²) in [6.07, 6.45) is -3.42. The van der Waals surface area contributed by atoms with E-state index < -0.39 is 38.8 Å². The van der Waals surface area contributed by atoms with Crippen LogP contribution in [0.2, 0.25) is 5.02 Å². The molecule has 1 heterocycles. The number of halogens is 4. The van der Waals surface area contributed by atoms with E-state index in [0.29, 0.717) is 25.1 Å². The third-order valence-electron chi connectivity index (χ3n) is 3.96. The van der Waals surface area contributed by atoms with Crippen LogP contribution in [0.3, 0.4) is 0 Å². The second-order valence-corrected chi connectivity index (χ2v) is 5.93. The van der Waals surface area contributed by atoms with E-state index in [9.17, 15) is 28.1 Å². The van der Waals surface area contributed by atoms with E-state index in [1.807, 2.05) is 0 Å². The van der Waals surface area contributed by atoms with Crippen LogP contribution in [0.5, 0.6) is 0 Å². The topological polar surface area (TPSA) is 75.5 Å². The van der Waals surface area contributed by atoms with Gasteiger partial charge in [0.2, 0.25) is 0 Å². The van der Waals surface area contributed by atoms with Crippen LogP contribution in [0, 0.1) is 10.1 Å². The molecule has 1 aromatic carbocycles. The van der Waals surface area contributed by atoms with Crippen molar-refractivity contribution in [1.29, 1.82) is 0 Å². The number of carbonyl (C=O) groups is 1. The number of piperidine rings is 1. The second-order valence-electron chi connectivity index (χ2n) is 5.52. The summed E-state index contributed by atoms with van der Waals surface area (Å²) < 4.78 is 39.6. The molecule has 6 nitrogen and oxygen atoms in total. The molecule has 0 saturated carbocycles.